The number of benzene rings is 1. The van der Waals surface area contributed by atoms with Crippen molar-refractivity contribution in [2.45, 2.75) is 13.0 Å². The molecule has 2 atom stereocenters. The molecule has 104 valence electrons. The molecule has 2 unspecified atom stereocenters. The van der Waals surface area contributed by atoms with Gasteiger partial charge in [0.15, 0.2) is 0 Å². The Morgan fingerprint density at radius 3 is 2.68 bits per heavy atom. The van der Waals surface area contributed by atoms with Crippen LogP contribution in [0.1, 0.15) is 6.92 Å². The van der Waals surface area contributed by atoms with E-state index in [0.29, 0.717) is 12.5 Å². The van der Waals surface area contributed by atoms with Crippen molar-refractivity contribution < 1.29 is 9.90 Å². The molecule has 5 heteroatoms. The highest BCUT2D eigenvalue weighted by atomic mass is 79.9. The first-order valence-electron chi connectivity index (χ1n) is 6.41. The van der Waals surface area contributed by atoms with Gasteiger partial charge in [-0.3, -0.25) is 9.69 Å². The lowest BCUT2D eigenvalue weighted by Gasteiger charge is -2.27. The second kappa shape index (κ2) is 6.03. The minimum atomic E-state index is -0.461. The summed E-state index contributed by atoms with van der Waals surface area (Å²) in [7, 11) is 1.89. The first-order valence-corrected chi connectivity index (χ1v) is 7.21. The van der Waals surface area contributed by atoms with E-state index in [4.69, 9.17) is 0 Å². The second-order valence-electron chi connectivity index (χ2n) is 5.14. The Kier molecular flexibility index (Phi) is 4.60. The minimum Gasteiger partial charge on any atom is -0.394 e. The third-order valence-corrected chi connectivity index (χ3v) is 4.16. The molecular formula is C14H19BrN2O2. The number of likely N-dealkylation sites (N-methyl/N-ethyl adjacent to an activating group) is 1. The van der Waals surface area contributed by atoms with E-state index in [1.807, 2.05) is 36.2 Å². The maximum Gasteiger partial charge on any atom is 0.246 e. The molecule has 1 aromatic carbocycles. The molecule has 0 saturated carbocycles. The lowest BCUT2D eigenvalue weighted by molar-refractivity contribution is -0.123. The van der Waals surface area contributed by atoms with Crippen molar-refractivity contribution in [2.24, 2.45) is 5.92 Å². The first-order chi connectivity index (χ1) is 9.04. The van der Waals surface area contributed by atoms with Gasteiger partial charge in [-0.2, -0.15) is 0 Å². The summed E-state index contributed by atoms with van der Waals surface area (Å²) in [6.07, 6.45) is 0. The van der Waals surface area contributed by atoms with E-state index in [9.17, 15) is 9.90 Å². The summed E-state index contributed by atoms with van der Waals surface area (Å²) >= 11 is 3.49. The Labute approximate surface area is 122 Å². The normalized spacial score (nSPS) is 25.5. The van der Waals surface area contributed by atoms with E-state index in [2.05, 4.69) is 22.9 Å². The Balaban J connectivity index is 2.38. The predicted molar refractivity (Wildman–Crippen MR) is 79.2 cm³/mol. The number of carbonyl (C=O) groups is 1. The second-order valence-corrected chi connectivity index (χ2v) is 6.00. The number of anilines is 1. The van der Waals surface area contributed by atoms with E-state index >= 15 is 0 Å². The summed E-state index contributed by atoms with van der Waals surface area (Å²) in [4.78, 5) is 16.3. The van der Waals surface area contributed by atoms with Crippen LogP contribution >= 0.6 is 15.9 Å². The SMILES string of the molecule is CC1CN(c2ccccc2Br)C(=O)C(CO)N(C)C1. The van der Waals surface area contributed by atoms with Crippen LogP contribution in [0.4, 0.5) is 5.69 Å². The lowest BCUT2D eigenvalue weighted by Crippen LogP contribution is -2.46. The number of rotatable bonds is 2. The number of aliphatic hydroxyl groups excluding tert-OH is 1. The molecule has 0 aromatic heterocycles. The first kappa shape index (κ1) is 14.5. The van der Waals surface area contributed by atoms with Gasteiger partial charge in [0.2, 0.25) is 5.91 Å². The van der Waals surface area contributed by atoms with Gasteiger partial charge in [0.1, 0.15) is 6.04 Å². The molecule has 2 rings (SSSR count). The Morgan fingerprint density at radius 1 is 1.37 bits per heavy atom. The van der Waals surface area contributed by atoms with Crippen molar-refractivity contribution >= 4 is 27.5 Å². The van der Waals surface area contributed by atoms with Crippen LogP contribution in [0.25, 0.3) is 0 Å². The summed E-state index contributed by atoms with van der Waals surface area (Å²) in [5.74, 6) is 0.318. The van der Waals surface area contributed by atoms with Crippen LogP contribution in [0.3, 0.4) is 0 Å². The maximum absolute atomic E-state index is 12.6. The number of hydrogen-bond donors (Lipinski definition) is 1. The van der Waals surface area contributed by atoms with Crippen molar-refractivity contribution in [3.8, 4) is 0 Å². The van der Waals surface area contributed by atoms with Crippen molar-refractivity contribution in [1.82, 2.24) is 4.90 Å². The zero-order chi connectivity index (χ0) is 14.0. The average molecular weight is 327 g/mol. The number of hydrogen-bond acceptors (Lipinski definition) is 3. The third kappa shape index (κ3) is 2.99. The van der Waals surface area contributed by atoms with Gasteiger partial charge in [0, 0.05) is 17.6 Å². The molecule has 1 aliphatic heterocycles. The average Bonchev–Trinajstić information content (AvgIpc) is 2.47. The number of carbonyl (C=O) groups excluding carboxylic acids is 1. The van der Waals surface area contributed by atoms with Gasteiger partial charge >= 0.3 is 0 Å². The van der Waals surface area contributed by atoms with Gasteiger partial charge in [0.25, 0.3) is 0 Å². The molecule has 0 spiro atoms. The highest BCUT2D eigenvalue weighted by Gasteiger charge is 2.33. The van der Waals surface area contributed by atoms with Crippen LogP contribution in [0.15, 0.2) is 28.7 Å². The number of aliphatic hydroxyl groups is 1. The van der Waals surface area contributed by atoms with Gasteiger partial charge in [-0.25, -0.2) is 0 Å². The zero-order valence-electron chi connectivity index (χ0n) is 11.2. The topological polar surface area (TPSA) is 43.8 Å². The van der Waals surface area contributed by atoms with Crippen molar-refractivity contribution in [1.29, 1.82) is 0 Å². The van der Waals surface area contributed by atoms with E-state index in [-0.39, 0.29) is 12.5 Å². The summed E-state index contributed by atoms with van der Waals surface area (Å²) in [5, 5.41) is 9.48. The number of halogens is 1. The fourth-order valence-corrected chi connectivity index (χ4v) is 3.05. The Hall–Kier alpha value is -0.910. The van der Waals surface area contributed by atoms with Gasteiger partial charge < -0.3 is 10.0 Å². The van der Waals surface area contributed by atoms with Crippen LogP contribution in [-0.4, -0.2) is 48.7 Å². The van der Waals surface area contributed by atoms with E-state index in [1.165, 1.54) is 0 Å². The molecule has 1 aromatic rings. The summed E-state index contributed by atoms with van der Waals surface area (Å²) in [6, 6.07) is 7.23. The Bertz CT molecular complexity index is 467. The molecular weight excluding hydrogens is 308 g/mol. The van der Waals surface area contributed by atoms with Crippen LogP contribution in [-0.2, 0) is 4.79 Å². The molecule has 4 nitrogen and oxygen atoms in total. The molecule has 1 amide bonds. The number of amides is 1. The minimum absolute atomic E-state index is 0.0405. The summed E-state index contributed by atoms with van der Waals surface area (Å²) in [6.45, 7) is 3.44. The highest BCUT2D eigenvalue weighted by Crippen LogP contribution is 2.29. The molecule has 0 bridgehead atoms. The molecule has 1 heterocycles. The van der Waals surface area contributed by atoms with E-state index in [0.717, 1.165) is 16.7 Å². The van der Waals surface area contributed by atoms with Crippen molar-refractivity contribution in [3.63, 3.8) is 0 Å². The predicted octanol–water partition coefficient (Wildman–Crippen LogP) is 1.72. The number of nitrogens with zero attached hydrogens (tertiary/aromatic N) is 2. The molecule has 0 aliphatic carbocycles. The molecule has 19 heavy (non-hydrogen) atoms. The van der Waals surface area contributed by atoms with E-state index < -0.39 is 6.04 Å². The molecule has 1 aliphatic rings. The standard InChI is InChI=1S/C14H19BrN2O2/c1-10-7-16(2)13(9-18)14(19)17(8-10)12-6-4-3-5-11(12)15/h3-6,10,13,18H,7-9H2,1-2H3. The Morgan fingerprint density at radius 2 is 2.05 bits per heavy atom. The largest absolute Gasteiger partial charge is 0.394 e. The molecule has 0 radical (unpaired) electrons. The van der Waals surface area contributed by atoms with Crippen molar-refractivity contribution in [3.05, 3.63) is 28.7 Å². The smallest absolute Gasteiger partial charge is 0.246 e. The highest BCUT2D eigenvalue weighted by molar-refractivity contribution is 9.10. The van der Waals surface area contributed by atoms with Gasteiger partial charge in [-0.1, -0.05) is 19.1 Å². The monoisotopic (exact) mass is 326 g/mol. The number of para-hydroxylation sites is 1. The van der Waals surface area contributed by atoms with Crippen LogP contribution in [0.2, 0.25) is 0 Å². The van der Waals surface area contributed by atoms with Crippen LogP contribution in [0, 0.1) is 5.92 Å². The summed E-state index contributed by atoms with van der Waals surface area (Å²) < 4.78 is 0.900. The van der Waals surface area contributed by atoms with E-state index in [1.54, 1.807) is 4.90 Å². The molecule has 1 N–H and O–H groups in total. The summed E-state index contributed by atoms with van der Waals surface area (Å²) in [5.41, 5.74) is 0.869. The van der Waals surface area contributed by atoms with Crippen LogP contribution in [0.5, 0.6) is 0 Å². The fourth-order valence-electron chi connectivity index (χ4n) is 2.55. The molecule has 1 fully saturated rings. The van der Waals surface area contributed by atoms with Crippen LogP contribution < -0.4 is 4.90 Å². The van der Waals surface area contributed by atoms with Crippen molar-refractivity contribution in [2.75, 3.05) is 31.6 Å². The van der Waals surface area contributed by atoms with Gasteiger partial charge in [-0.15, -0.1) is 0 Å². The lowest BCUT2D eigenvalue weighted by atomic mass is 10.1. The zero-order valence-corrected chi connectivity index (χ0v) is 12.8. The quantitative estimate of drug-likeness (QED) is 0.900. The van der Waals surface area contributed by atoms with Gasteiger partial charge in [-0.05, 0) is 41.0 Å². The maximum atomic E-state index is 12.6. The van der Waals surface area contributed by atoms with Gasteiger partial charge in [0.05, 0.1) is 12.3 Å². The third-order valence-electron chi connectivity index (χ3n) is 3.49. The molecule has 1 saturated heterocycles. The fraction of sp³-hybridized carbons (Fsp3) is 0.500.